The molecule has 0 amide bonds. The average Bonchev–Trinajstić information content (AvgIpc) is 2.83. The van der Waals surface area contributed by atoms with Crippen LogP contribution in [0.25, 0.3) is 0 Å². The number of hydrogen-bond acceptors (Lipinski definition) is 4. The predicted molar refractivity (Wildman–Crippen MR) is 81.1 cm³/mol. The molecule has 1 heterocycles. The molecule has 0 fully saturated rings. The summed E-state index contributed by atoms with van der Waals surface area (Å²) >= 11 is 1.58. The number of nitrogens with zero attached hydrogens (tertiary/aromatic N) is 2. The Balaban J connectivity index is 2.07. The molecule has 0 spiro atoms. The highest BCUT2D eigenvalue weighted by Gasteiger charge is 2.10. The van der Waals surface area contributed by atoms with Crippen LogP contribution >= 0.6 is 11.3 Å². The number of hydrogen-bond donors (Lipinski definition) is 0. The first-order chi connectivity index (χ1) is 9.63. The summed E-state index contributed by atoms with van der Waals surface area (Å²) in [5.41, 5.74) is 3.51. The zero-order valence-electron chi connectivity index (χ0n) is 12.1. The number of rotatable bonds is 5. The molecular formula is C16H18N2OS. The Morgan fingerprint density at radius 3 is 2.75 bits per heavy atom. The second-order valence-electron chi connectivity index (χ2n) is 4.70. The van der Waals surface area contributed by atoms with Crippen molar-refractivity contribution < 1.29 is 4.74 Å². The second kappa shape index (κ2) is 6.53. The minimum Gasteiger partial charge on any atom is -0.486 e. The van der Waals surface area contributed by atoms with E-state index in [2.05, 4.69) is 37.9 Å². The SMILES string of the molecule is CCc1nc(COc2ccc(C)c(C)c2)sc1CC#N. The number of aromatic nitrogens is 1. The van der Waals surface area contributed by atoms with E-state index in [1.807, 2.05) is 12.1 Å². The van der Waals surface area contributed by atoms with Crippen molar-refractivity contribution >= 4 is 11.3 Å². The quantitative estimate of drug-likeness (QED) is 0.835. The second-order valence-corrected chi connectivity index (χ2v) is 5.87. The van der Waals surface area contributed by atoms with Crippen LogP contribution in [0.2, 0.25) is 0 Å². The summed E-state index contributed by atoms with van der Waals surface area (Å²) < 4.78 is 5.78. The molecule has 0 radical (unpaired) electrons. The van der Waals surface area contributed by atoms with Gasteiger partial charge in [0, 0.05) is 4.88 Å². The topological polar surface area (TPSA) is 45.9 Å². The van der Waals surface area contributed by atoms with Gasteiger partial charge in [0.25, 0.3) is 0 Å². The molecule has 0 unspecified atom stereocenters. The van der Waals surface area contributed by atoms with Crippen molar-refractivity contribution in [2.75, 3.05) is 0 Å². The summed E-state index contributed by atoms with van der Waals surface area (Å²) in [6.07, 6.45) is 1.29. The third-order valence-electron chi connectivity index (χ3n) is 3.24. The highest BCUT2D eigenvalue weighted by molar-refractivity contribution is 7.11. The molecular weight excluding hydrogens is 268 g/mol. The Bertz CT molecular complexity index is 640. The van der Waals surface area contributed by atoms with Gasteiger partial charge in [-0.3, -0.25) is 0 Å². The molecule has 2 rings (SSSR count). The maximum absolute atomic E-state index is 8.81. The van der Waals surface area contributed by atoms with Crippen LogP contribution in [0.5, 0.6) is 5.75 Å². The van der Waals surface area contributed by atoms with Crippen LogP contribution in [0.1, 0.15) is 33.6 Å². The van der Waals surface area contributed by atoms with E-state index < -0.39 is 0 Å². The first-order valence-electron chi connectivity index (χ1n) is 6.68. The molecule has 0 aliphatic carbocycles. The van der Waals surface area contributed by atoms with Crippen molar-refractivity contribution in [3.05, 3.63) is 44.9 Å². The molecule has 0 saturated heterocycles. The van der Waals surface area contributed by atoms with Crippen LogP contribution in [0.15, 0.2) is 18.2 Å². The van der Waals surface area contributed by atoms with E-state index in [1.54, 1.807) is 11.3 Å². The summed E-state index contributed by atoms with van der Waals surface area (Å²) in [6.45, 7) is 6.68. The zero-order valence-corrected chi connectivity index (χ0v) is 12.9. The molecule has 20 heavy (non-hydrogen) atoms. The van der Waals surface area contributed by atoms with E-state index in [4.69, 9.17) is 10.00 Å². The minimum absolute atomic E-state index is 0.435. The fraction of sp³-hybridized carbons (Fsp3) is 0.375. The molecule has 4 heteroatoms. The van der Waals surface area contributed by atoms with Gasteiger partial charge in [-0.1, -0.05) is 13.0 Å². The smallest absolute Gasteiger partial charge is 0.140 e. The van der Waals surface area contributed by atoms with Gasteiger partial charge in [0.1, 0.15) is 17.4 Å². The molecule has 0 bridgehead atoms. The van der Waals surface area contributed by atoms with Gasteiger partial charge in [0.2, 0.25) is 0 Å². The van der Waals surface area contributed by atoms with E-state index in [-0.39, 0.29) is 0 Å². The third-order valence-corrected chi connectivity index (χ3v) is 4.31. The molecule has 0 N–H and O–H groups in total. The highest BCUT2D eigenvalue weighted by Crippen LogP contribution is 2.22. The Kier molecular flexibility index (Phi) is 4.75. The van der Waals surface area contributed by atoms with Gasteiger partial charge in [-0.25, -0.2) is 4.98 Å². The van der Waals surface area contributed by atoms with E-state index in [9.17, 15) is 0 Å². The maximum atomic E-state index is 8.81. The molecule has 0 aliphatic heterocycles. The normalized spacial score (nSPS) is 10.3. The van der Waals surface area contributed by atoms with Gasteiger partial charge in [-0.05, 0) is 43.5 Å². The van der Waals surface area contributed by atoms with Crippen molar-refractivity contribution in [2.24, 2.45) is 0 Å². The summed E-state index contributed by atoms with van der Waals surface area (Å²) in [7, 11) is 0. The Labute approximate surface area is 123 Å². The van der Waals surface area contributed by atoms with Crippen LogP contribution in [-0.4, -0.2) is 4.98 Å². The van der Waals surface area contributed by atoms with Gasteiger partial charge in [0.05, 0.1) is 18.2 Å². The Morgan fingerprint density at radius 1 is 1.30 bits per heavy atom. The monoisotopic (exact) mass is 286 g/mol. The number of thiazole rings is 1. The lowest BCUT2D eigenvalue weighted by Gasteiger charge is -2.06. The van der Waals surface area contributed by atoms with Crippen LogP contribution < -0.4 is 4.74 Å². The van der Waals surface area contributed by atoms with E-state index >= 15 is 0 Å². The van der Waals surface area contributed by atoms with Crippen molar-refractivity contribution in [1.29, 1.82) is 5.26 Å². The highest BCUT2D eigenvalue weighted by atomic mass is 32.1. The molecule has 104 valence electrons. The van der Waals surface area contributed by atoms with E-state index in [0.717, 1.165) is 27.7 Å². The molecule has 1 aromatic heterocycles. The summed E-state index contributed by atoms with van der Waals surface area (Å²) in [5, 5.41) is 9.75. The lowest BCUT2D eigenvalue weighted by atomic mass is 10.1. The van der Waals surface area contributed by atoms with Crippen molar-refractivity contribution in [1.82, 2.24) is 4.98 Å². The molecule has 0 saturated carbocycles. The van der Waals surface area contributed by atoms with Gasteiger partial charge in [0.15, 0.2) is 0 Å². The average molecular weight is 286 g/mol. The predicted octanol–water partition coefficient (Wildman–Crippen LogP) is 3.97. The van der Waals surface area contributed by atoms with E-state index in [0.29, 0.717) is 13.0 Å². The molecule has 2 aromatic rings. The fourth-order valence-electron chi connectivity index (χ4n) is 1.93. The lowest BCUT2D eigenvalue weighted by Crippen LogP contribution is -1.96. The third kappa shape index (κ3) is 3.37. The largest absolute Gasteiger partial charge is 0.486 e. The zero-order chi connectivity index (χ0) is 14.5. The minimum atomic E-state index is 0.435. The van der Waals surface area contributed by atoms with Crippen molar-refractivity contribution in [2.45, 2.75) is 40.2 Å². The number of aryl methyl sites for hydroxylation is 3. The van der Waals surface area contributed by atoms with Gasteiger partial charge >= 0.3 is 0 Å². The summed E-state index contributed by atoms with van der Waals surface area (Å²) in [5.74, 6) is 0.864. The fourth-order valence-corrected chi connectivity index (χ4v) is 2.94. The number of nitriles is 1. The Hall–Kier alpha value is -1.86. The first kappa shape index (κ1) is 14.5. The standard InChI is InChI=1S/C16H18N2OS/c1-4-14-15(7-8-17)20-16(18-14)10-19-13-6-5-11(2)12(3)9-13/h5-6,9H,4,7,10H2,1-3H3. The van der Waals surface area contributed by atoms with Crippen LogP contribution in [-0.2, 0) is 19.4 Å². The van der Waals surface area contributed by atoms with Gasteiger partial charge in [-0.2, -0.15) is 5.26 Å². The van der Waals surface area contributed by atoms with Gasteiger partial charge in [-0.15, -0.1) is 11.3 Å². The molecule has 3 nitrogen and oxygen atoms in total. The van der Waals surface area contributed by atoms with Crippen LogP contribution in [0.4, 0.5) is 0 Å². The number of ether oxygens (including phenoxy) is 1. The van der Waals surface area contributed by atoms with Gasteiger partial charge < -0.3 is 4.74 Å². The first-order valence-corrected chi connectivity index (χ1v) is 7.50. The Morgan fingerprint density at radius 2 is 2.10 bits per heavy atom. The number of benzene rings is 1. The van der Waals surface area contributed by atoms with Crippen molar-refractivity contribution in [3.8, 4) is 11.8 Å². The van der Waals surface area contributed by atoms with Crippen LogP contribution in [0.3, 0.4) is 0 Å². The molecule has 0 aliphatic rings. The van der Waals surface area contributed by atoms with Crippen molar-refractivity contribution in [3.63, 3.8) is 0 Å². The van der Waals surface area contributed by atoms with Crippen LogP contribution in [0, 0.1) is 25.2 Å². The maximum Gasteiger partial charge on any atom is 0.140 e. The molecule has 1 aromatic carbocycles. The molecule has 0 atom stereocenters. The van der Waals surface area contributed by atoms with E-state index in [1.165, 1.54) is 11.1 Å². The summed E-state index contributed by atoms with van der Waals surface area (Å²) in [4.78, 5) is 5.61. The summed E-state index contributed by atoms with van der Waals surface area (Å²) in [6, 6.07) is 8.27. The lowest BCUT2D eigenvalue weighted by molar-refractivity contribution is 0.305.